The highest BCUT2D eigenvalue weighted by atomic mass is 32.2. The molecule has 0 amide bonds. The molecule has 0 bridgehead atoms. The molecule has 134 valence electrons. The van der Waals surface area contributed by atoms with E-state index >= 15 is 0 Å². The minimum absolute atomic E-state index is 0.0829. The summed E-state index contributed by atoms with van der Waals surface area (Å²) in [5, 5.41) is 2.43. The average Bonchev–Trinajstić information content (AvgIpc) is 3.15. The Morgan fingerprint density at radius 3 is 2.29 bits per heavy atom. The second-order valence-corrected chi connectivity index (χ2v) is 11.2. The highest BCUT2D eigenvalue weighted by molar-refractivity contribution is 7.96. The van der Waals surface area contributed by atoms with Gasteiger partial charge >= 0.3 is 0 Å². The lowest BCUT2D eigenvalue weighted by atomic mass is 10.2. The van der Waals surface area contributed by atoms with E-state index in [0.29, 0.717) is 0 Å². The van der Waals surface area contributed by atoms with Gasteiger partial charge in [-0.05, 0) is 37.0 Å². The molecule has 1 N–H and O–H groups in total. The predicted molar refractivity (Wildman–Crippen MR) is 94.6 cm³/mol. The zero-order valence-corrected chi connectivity index (χ0v) is 15.6. The first-order chi connectivity index (χ1) is 11.3. The first-order valence-electron chi connectivity index (χ1n) is 8.61. The Morgan fingerprint density at radius 1 is 1.08 bits per heavy atom. The predicted octanol–water partition coefficient (Wildman–Crippen LogP) is 1.72. The van der Waals surface area contributed by atoms with Gasteiger partial charge in [0.05, 0.1) is 21.7 Å². The van der Waals surface area contributed by atoms with Crippen molar-refractivity contribution in [3.63, 3.8) is 0 Å². The topological polar surface area (TPSA) is 80.3 Å². The van der Waals surface area contributed by atoms with E-state index < -0.39 is 31.0 Å². The van der Waals surface area contributed by atoms with E-state index in [-0.39, 0.29) is 22.4 Å². The number of hydrogen-bond acceptors (Lipinski definition) is 5. The van der Waals surface area contributed by atoms with Crippen LogP contribution in [0.1, 0.15) is 38.2 Å². The van der Waals surface area contributed by atoms with Gasteiger partial charge in [-0.2, -0.15) is 0 Å². The summed E-state index contributed by atoms with van der Waals surface area (Å²) in [7, 11) is -7.00. The van der Waals surface area contributed by atoms with Crippen molar-refractivity contribution < 1.29 is 16.8 Å². The third kappa shape index (κ3) is 3.68. The quantitative estimate of drug-likeness (QED) is 0.852. The molecule has 1 aliphatic heterocycles. The lowest BCUT2D eigenvalue weighted by molar-refractivity contribution is 0.449. The molecule has 2 fully saturated rings. The van der Waals surface area contributed by atoms with Crippen LogP contribution < -0.4 is 5.32 Å². The summed E-state index contributed by atoms with van der Waals surface area (Å²) in [4.78, 5) is 0.222. The van der Waals surface area contributed by atoms with Crippen LogP contribution in [-0.4, -0.2) is 45.7 Å². The van der Waals surface area contributed by atoms with E-state index in [0.717, 1.165) is 37.7 Å². The van der Waals surface area contributed by atoms with Gasteiger partial charge in [-0.25, -0.2) is 16.8 Å². The number of aryl methyl sites for hydroxylation is 1. The Kier molecular flexibility index (Phi) is 5.04. The van der Waals surface area contributed by atoms with Crippen molar-refractivity contribution in [3.05, 3.63) is 29.8 Å². The minimum Gasteiger partial charge on any atom is -0.309 e. The van der Waals surface area contributed by atoms with Crippen LogP contribution in [0, 0.1) is 0 Å². The zero-order valence-electron chi connectivity index (χ0n) is 13.9. The highest BCUT2D eigenvalue weighted by Crippen LogP contribution is 2.28. The fourth-order valence-electron chi connectivity index (χ4n) is 3.76. The molecule has 1 heterocycles. The van der Waals surface area contributed by atoms with Crippen LogP contribution in [0.2, 0.25) is 0 Å². The molecule has 24 heavy (non-hydrogen) atoms. The number of sulfone groups is 2. The Labute approximate surface area is 144 Å². The van der Waals surface area contributed by atoms with Gasteiger partial charge in [0.1, 0.15) is 0 Å². The van der Waals surface area contributed by atoms with Crippen molar-refractivity contribution >= 4 is 19.7 Å². The molecular formula is C17H25NO4S2. The summed E-state index contributed by atoms with van der Waals surface area (Å²) in [5.41, 5.74) is 1.06. The van der Waals surface area contributed by atoms with Gasteiger partial charge < -0.3 is 5.32 Å². The molecule has 2 aliphatic rings. The van der Waals surface area contributed by atoms with Crippen molar-refractivity contribution in [3.8, 4) is 0 Å². The number of benzene rings is 1. The SMILES string of the molecule is CCc1ccc(S(=O)(=O)[C@@H]2CS(=O)(=O)C[C@@H]2NC2CCCC2)cc1. The summed E-state index contributed by atoms with van der Waals surface area (Å²) in [6.07, 6.45) is 5.06. The molecular weight excluding hydrogens is 346 g/mol. The van der Waals surface area contributed by atoms with E-state index in [4.69, 9.17) is 0 Å². The Hall–Kier alpha value is -0.920. The molecule has 1 saturated heterocycles. The van der Waals surface area contributed by atoms with Crippen LogP contribution >= 0.6 is 0 Å². The smallest absolute Gasteiger partial charge is 0.183 e. The molecule has 1 saturated carbocycles. The van der Waals surface area contributed by atoms with Crippen LogP contribution in [0.5, 0.6) is 0 Å². The van der Waals surface area contributed by atoms with Gasteiger partial charge in [-0.1, -0.05) is 31.9 Å². The van der Waals surface area contributed by atoms with Gasteiger partial charge in [0.2, 0.25) is 0 Å². The van der Waals surface area contributed by atoms with E-state index in [1.807, 2.05) is 6.92 Å². The van der Waals surface area contributed by atoms with Crippen molar-refractivity contribution in [2.24, 2.45) is 0 Å². The second kappa shape index (κ2) is 6.77. The van der Waals surface area contributed by atoms with Gasteiger partial charge in [0.25, 0.3) is 0 Å². The highest BCUT2D eigenvalue weighted by Gasteiger charge is 2.46. The Morgan fingerprint density at radius 2 is 1.71 bits per heavy atom. The largest absolute Gasteiger partial charge is 0.309 e. The van der Waals surface area contributed by atoms with Gasteiger partial charge in [-0.3, -0.25) is 0 Å². The van der Waals surface area contributed by atoms with Crippen molar-refractivity contribution in [2.45, 2.75) is 61.3 Å². The normalized spacial score (nSPS) is 27.5. The third-order valence-electron chi connectivity index (χ3n) is 5.16. The van der Waals surface area contributed by atoms with Crippen LogP contribution in [0.4, 0.5) is 0 Å². The third-order valence-corrected chi connectivity index (χ3v) is 9.33. The first-order valence-corrected chi connectivity index (χ1v) is 12.0. The Bertz CT molecular complexity index is 778. The van der Waals surface area contributed by atoms with Crippen molar-refractivity contribution in [1.29, 1.82) is 0 Å². The van der Waals surface area contributed by atoms with Crippen LogP contribution in [0.25, 0.3) is 0 Å². The molecule has 0 spiro atoms. The maximum absolute atomic E-state index is 13.0. The summed E-state index contributed by atoms with van der Waals surface area (Å²) >= 11 is 0. The lowest BCUT2D eigenvalue weighted by Gasteiger charge is -2.23. The zero-order chi connectivity index (χ0) is 17.4. The van der Waals surface area contributed by atoms with Crippen LogP contribution in [0.15, 0.2) is 29.2 Å². The summed E-state index contributed by atoms with van der Waals surface area (Å²) < 4.78 is 50.2. The van der Waals surface area contributed by atoms with Gasteiger partial charge in [0.15, 0.2) is 19.7 Å². The second-order valence-electron chi connectivity index (χ2n) is 6.91. The molecule has 0 unspecified atom stereocenters. The molecule has 1 aliphatic carbocycles. The van der Waals surface area contributed by atoms with E-state index in [9.17, 15) is 16.8 Å². The monoisotopic (exact) mass is 371 g/mol. The minimum atomic E-state index is -3.67. The summed E-state index contributed by atoms with van der Waals surface area (Å²) in [5.74, 6) is -0.365. The van der Waals surface area contributed by atoms with Crippen LogP contribution in [0.3, 0.4) is 0 Å². The molecule has 2 atom stereocenters. The van der Waals surface area contributed by atoms with E-state index in [1.165, 1.54) is 0 Å². The molecule has 0 radical (unpaired) electrons. The maximum atomic E-state index is 13.0. The summed E-state index contributed by atoms with van der Waals surface area (Å²) in [6.45, 7) is 2.01. The van der Waals surface area contributed by atoms with Gasteiger partial charge in [0, 0.05) is 12.1 Å². The Balaban J connectivity index is 1.87. The first kappa shape index (κ1) is 17.9. The van der Waals surface area contributed by atoms with E-state index in [1.54, 1.807) is 24.3 Å². The number of nitrogens with one attached hydrogen (secondary N) is 1. The fourth-order valence-corrected chi connectivity index (χ4v) is 8.44. The number of hydrogen-bond donors (Lipinski definition) is 1. The maximum Gasteiger partial charge on any atom is 0.183 e. The summed E-state index contributed by atoms with van der Waals surface area (Å²) in [6, 6.07) is 6.54. The fraction of sp³-hybridized carbons (Fsp3) is 0.647. The molecule has 3 rings (SSSR count). The van der Waals surface area contributed by atoms with Crippen molar-refractivity contribution in [1.82, 2.24) is 5.32 Å². The standard InChI is InChI=1S/C17H25NO4S2/c1-2-13-7-9-15(10-8-13)24(21,22)17-12-23(19,20)11-16(17)18-14-5-3-4-6-14/h7-10,14,16-18H,2-6,11-12H2,1H3/t16-,17+/m0/s1. The molecule has 1 aromatic rings. The molecule has 0 aromatic heterocycles. The molecule has 1 aromatic carbocycles. The molecule has 5 nitrogen and oxygen atoms in total. The van der Waals surface area contributed by atoms with Gasteiger partial charge in [-0.15, -0.1) is 0 Å². The lowest BCUT2D eigenvalue weighted by Crippen LogP contribution is -2.47. The van der Waals surface area contributed by atoms with Crippen molar-refractivity contribution in [2.75, 3.05) is 11.5 Å². The van der Waals surface area contributed by atoms with E-state index in [2.05, 4.69) is 5.32 Å². The number of rotatable bonds is 5. The van der Waals surface area contributed by atoms with Crippen LogP contribution in [-0.2, 0) is 26.1 Å². The molecule has 7 heteroatoms. The average molecular weight is 372 g/mol.